The van der Waals surface area contributed by atoms with E-state index in [9.17, 15) is 14.4 Å². The number of methoxy groups -OCH3 is 1. The van der Waals surface area contributed by atoms with Crippen LogP contribution in [-0.4, -0.2) is 31.6 Å². The highest BCUT2D eigenvalue weighted by Crippen LogP contribution is 2.37. The molecule has 0 N–H and O–H groups in total. The van der Waals surface area contributed by atoms with Gasteiger partial charge in [0.15, 0.2) is 0 Å². The molecule has 0 aliphatic heterocycles. The maximum Gasteiger partial charge on any atom is 0.341 e. The molecule has 2 aromatic rings. The Kier molecular flexibility index (Phi) is 13.0. The van der Waals surface area contributed by atoms with Gasteiger partial charge in [-0.15, -0.1) is 0 Å². The summed E-state index contributed by atoms with van der Waals surface area (Å²) in [5.74, 6) is -0.0395. The van der Waals surface area contributed by atoms with Crippen molar-refractivity contribution in [3.8, 4) is 28.4 Å². The van der Waals surface area contributed by atoms with Gasteiger partial charge in [-0.2, -0.15) is 0 Å². The number of carbonyl (C=O) groups is 3. The monoisotopic (exact) mass is 576 g/mol. The minimum atomic E-state index is -0.626. The van der Waals surface area contributed by atoms with Gasteiger partial charge in [0.2, 0.25) is 0 Å². The van der Waals surface area contributed by atoms with E-state index in [2.05, 4.69) is 20.1 Å². The summed E-state index contributed by atoms with van der Waals surface area (Å²) in [6.07, 6.45) is 11.3. The van der Waals surface area contributed by atoms with E-state index in [4.69, 9.17) is 18.9 Å². The average Bonchev–Trinajstić information content (AvgIpc) is 2.98. The molecule has 0 radical (unpaired) electrons. The van der Waals surface area contributed by atoms with Crippen molar-refractivity contribution in [1.82, 2.24) is 0 Å². The van der Waals surface area contributed by atoms with Crippen LogP contribution in [0.5, 0.6) is 17.2 Å². The van der Waals surface area contributed by atoms with Crippen LogP contribution in [0, 0.1) is 11.8 Å². The van der Waals surface area contributed by atoms with Crippen molar-refractivity contribution in [2.24, 2.45) is 11.8 Å². The van der Waals surface area contributed by atoms with Gasteiger partial charge in [-0.05, 0) is 68.4 Å². The smallest absolute Gasteiger partial charge is 0.341 e. The Morgan fingerprint density at radius 3 is 2.10 bits per heavy atom. The minimum absolute atomic E-state index is 0.0441. The van der Waals surface area contributed by atoms with Crippen LogP contribution in [0.15, 0.2) is 66.8 Å². The Morgan fingerprint density at radius 1 is 0.810 bits per heavy atom. The van der Waals surface area contributed by atoms with Gasteiger partial charge in [-0.25, -0.2) is 9.59 Å². The lowest BCUT2D eigenvalue weighted by Gasteiger charge is -2.27. The molecule has 3 rings (SSSR count). The fourth-order valence-electron chi connectivity index (χ4n) is 5.11. The van der Waals surface area contributed by atoms with E-state index >= 15 is 0 Å². The predicted octanol–water partition coefficient (Wildman–Crippen LogP) is 8.02. The second-order valence-electron chi connectivity index (χ2n) is 11.1. The van der Waals surface area contributed by atoms with Crippen molar-refractivity contribution in [2.45, 2.75) is 78.1 Å². The summed E-state index contributed by atoms with van der Waals surface area (Å²) in [5.41, 5.74) is 1.84. The Morgan fingerprint density at radius 2 is 1.45 bits per heavy atom. The number of esters is 3. The second kappa shape index (κ2) is 16.7. The predicted molar refractivity (Wildman–Crippen MR) is 163 cm³/mol. The van der Waals surface area contributed by atoms with Crippen LogP contribution in [0.4, 0.5) is 0 Å². The zero-order valence-corrected chi connectivity index (χ0v) is 25.2. The van der Waals surface area contributed by atoms with Crippen LogP contribution in [-0.2, 0) is 19.1 Å². The minimum Gasteiger partial charge on any atom is -0.426 e. The molecule has 1 aliphatic carbocycles. The normalized spacial score (nSPS) is 16.4. The van der Waals surface area contributed by atoms with E-state index in [1.807, 2.05) is 0 Å². The molecule has 0 aromatic heterocycles. The first-order chi connectivity index (χ1) is 20.2. The van der Waals surface area contributed by atoms with Crippen LogP contribution in [0.3, 0.4) is 0 Å². The van der Waals surface area contributed by atoms with E-state index in [0.717, 1.165) is 31.2 Å². The molecule has 0 heterocycles. The van der Waals surface area contributed by atoms with E-state index in [-0.39, 0.29) is 35.6 Å². The summed E-state index contributed by atoms with van der Waals surface area (Å²) in [7, 11) is 1.47. The first kappa shape index (κ1) is 32.8. The lowest BCUT2D eigenvalue weighted by atomic mass is 9.79. The molecule has 7 heteroatoms. The van der Waals surface area contributed by atoms with Gasteiger partial charge in [-0.3, -0.25) is 4.79 Å². The number of rotatable bonds is 15. The molecular weight excluding hydrogens is 532 g/mol. The van der Waals surface area contributed by atoms with Crippen LogP contribution in [0.2, 0.25) is 0 Å². The van der Waals surface area contributed by atoms with Crippen LogP contribution < -0.4 is 14.2 Å². The van der Waals surface area contributed by atoms with Crippen LogP contribution in [0.1, 0.15) is 78.1 Å². The zero-order chi connectivity index (χ0) is 30.5. The molecule has 0 saturated heterocycles. The second-order valence-corrected chi connectivity index (χ2v) is 11.1. The highest BCUT2D eigenvalue weighted by molar-refractivity contribution is 5.90. The summed E-state index contributed by atoms with van der Waals surface area (Å²) < 4.78 is 21.7. The third-order valence-corrected chi connectivity index (χ3v) is 7.60. The molecule has 0 amide bonds. The molecule has 0 spiro atoms. The Bertz CT molecular complexity index is 1240. The number of benzene rings is 2. The standard InChI is InChI=1S/C35H44O7/c1-6-7-8-9-10-11-26-12-14-28(15-13-26)35(38)42-32-22-30(41-34(37)25(4)23-39-5)20-21-31(32)27-16-18-29(19-17-27)40-33(36)24(2)3/h16-22,26,28H,2,4,6-15,23H2,1,3,5H3. The van der Waals surface area contributed by atoms with Crippen molar-refractivity contribution in [2.75, 3.05) is 13.7 Å². The molecule has 1 fully saturated rings. The summed E-state index contributed by atoms with van der Waals surface area (Å²) in [6.45, 7) is 11.1. The molecule has 1 saturated carbocycles. The molecule has 0 bridgehead atoms. The Labute approximate surface area is 249 Å². The number of ether oxygens (including phenoxy) is 4. The van der Waals surface area contributed by atoms with Crippen molar-refractivity contribution in [3.05, 3.63) is 66.8 Å². The third-order valence-electron chi connectivity index (χ3n) is 7.60. The van der Waals surface area contributed by atoms with Crippen LogP contribution in [0.25, 0.3) is 11.1 Å². The third kappa shape index (κ3) is 9.98. The number of carbonyl (C=O) groups excluding carboxylic acids is 3. The van der Waals surface area contributed by atoms with E-state index in [1.54, 1.807) is 49.4 Å². The van der Waals surface area contributed by atoms with E-state index < -0.39 is 11.9 Å². The van der Waals surface area contributed by atoms with Gasteiger partial charge in [0.25, 0.3) is 0 Å². The zero-order valence-electron chi connectivity index (χ0n) is 25.2. The highest BCUT2D eigenvalue weighted by Gasteiger charge is 2.28. The molecule has 0 atom stereocenters. The molecule has 0 unspecified atom stereocenters. The SMILES string of the molecule is C=C(C)C(=O)Oc1ccc(-c2ccc(OC(=O)C(=C)COC)cc2OC(=O)C2CCC(CCCCCCC)CC2)cc1. The van der Waals surface area contributed by atoms with Crippen molar-refractivity contribution >= 4 is 17.9 Å². The van der Waals surface area contributed by atoms with E-state index in [0.29, 0.717) is 22.8 Å². The first-order valence-corrected chi connectivity index (χ1v) is 14.9. The van der Waals surface area contributed by atoms with Crippen molar-refractivity contribution < 1.29 is 33.3 Å². The summed E-state index contributed by atoms with van der Waals surface area (Å²) in [6, 6.07) is 11.8. The molecular formula is C35H44O7. The first-order valence-electron chi connectivity index (χ1n) is 14.9. The number of hydrogen-bond acceptors (Lipinski definition) is 7. The summed E-state index contributed by atoms with van der Waals surface area (Å²) >= 11 is 0. The highest BCUT2D eigenvalue weighted by atomic mass is 16.6. The maximum absolute atomic E-state index is 13.3. The Hall–Kier alpha value is -3.71. The average molecular weight is 577 g/mol. The van der Waals surface area contributed by atoms with Gasteiger partial charge < -0.3 is 18.9 Å². The van der Waals surface area contributed by atoms with Gasteiger partial charge >= 0.3 is 17.9 Å². The van der Waals surface area contributed by atoms with Crippen molar-refractivity contribution in [1.29, 1.82) is 0 Å². The van der Waals surface area contributed by atoms with Gasteiger partial charge in [0.1, 0.15) is 17.2 Å². The van der Waals surface area contributed by atoms with Gasteiger partial charge in [-0.1, -0.05) is 70.7 Å². The maximum atomic E-state index is 13.3. The number of hydrogen-bond donors (Lipinski definition) is 0. The fraction of sp³-hybridized carbons (Fsp3) is 0.457. The molecule has 1 aliphatic rings. The topological polar surface area (TPSA) is 88.1 Å². The van der Waals surface area contributed by atoms with Gasteiger partial charge in [0, 0.05) is 24.3 Å². The molecule has 2 aromatic carbocycles. The quantitative estimate of drug-likeness (QED) is 0.0918. The number of unbranched alkanes of at least 4 members (excludes halogenated alkanes) is 4. The fourth-order valence-corrected chi connectivity index (χ4v) is 5.11. The summed E-state index contributed by atoms with van der Waals surface area (Å²) in [5, 5.41) is 0. The lowest BCUT2D eigenvalue weighted by Crippen LogP contribution is -2.26. The lowest BCUT2D eigenvalue weighted by molar-refractivity contribution is -0.140. The van der Waals surface area contributed by atoms with Gasteiger partial charge in [0.05, 0.1) is 18.1 Å². The van der Waals surface area contributed by atoms with Crippen molar-refractivity contribution in [3.63, 3.8) is 0 Å². The van der Waals surface area contributed by atoms with Crippen LogP contribution >= 0.6 is 0 Å². The van der Waals surface area contributed by atoms with E-state index in [1.165, 1.54) is 45.6 Å². The molecule has 42 heavy (non-hydrogen) atoms. The molecule has 7 nitrogen and oxygen atoms in total. The largest absolute Gasteiger partial charge is 0.426 e. The summed E-state index contributed by atoms with van der Waals surface area (Å²) in [4.78, 5) is 37.6. The molecule has 226 valence electrons. The Balaban J connectivity index is 1.73.